The summed E-state index contributed by atoms with van der Waals surface area (Å²) >= 11 is 0. The predicted octanol–water partition coefficient (Wildman–Crippen LogP) is 4.53. The van der Waals surface area contributed by atoms with Crippen molar-refractivity contribution in [3.8, 4) is 0 Å². The normalized spacial score (nSPS) is 12.6. The zero-order valence-electron chi connectivity index (χ0n) is 16.0. The zero-order valence-corrected chi connectivity index (χ0v) is 16.0. The number of benzene rings is 1. The largest absolute Gasteiger partial charge is 0.455 e. The third-order valence-electron chi connectivity index (χ3n) is 4.43. The Kier molecular flexibility index (Phi) is 6.82. The van der Waals surface area contributed by atoms with Crippen LogP contribution in [0.25, 0.3) is 0 Å². The molecular formula is C21H30N2O2. The van der Waals surface area contributed by atoms with Crippen molar-refractivity contribution in [3.05, 3.63) is 59.0 Å². The molecular weight excluding hydrogens is 312 g/mol. The van der Waals surface area contributed by atoms with Crippen molar-refractivity contribution in [2.45, 2.75) is 66.2 Å². The molecule has 136 valence electrons. The molecule has 1 unspecified atom stereocenters. The van der Waals surface area contributed by atoms with E-state index in [2.05, 4.69) is 55.3 Å². The van der Waals surface area contributed by atoms with Gasteiger partial charge in [0, 0.05) is 18.6 Å². The van der Waals surface area contributed by atoms with E-state index in [4.69, 9.17) is 4.42 Å². The number of nitrogens with one attached hydrogen (secondary N) is 1. The Morgan fingerprint density at radius 3 is 2.56 bits per heavy atom. The van der Waals surface area contributed by atoms with Crippen LogP contribution >= 0.6 is 0 Å². The van der Waals surface area contributed by atoms with E-state index in [1.807, 2.05) is 19.9 Å². The molecule has 1 aromatic carbocycles. The standard InChI is InChI=1S/C21H30N2O2/c1-6-17(5)22-21(24)20-11-10-19(25-20)14-23(15(2)3)13-18-9-7-8-16(4)12-18/h7-12,15,17H,6,13-14H2,1-5H3,(H,22,24). The first-order chi connectivity index (χ1) is 11.9. The second-order valence-corrected chi connectivity index (χ2v) is 7.04. The van der Waals surface area contributed by atoms with Crippen molar-refractivity contribution < 1.29 is 9.21 Å². The fourth-order valence-electron chi connectivity index (χ4n) is 2.65. The van der Waals surface area contributed by atoms with Gasteiger partial charge in [-0.2, -0.15) is 0 Å². The summed E-state index contributed by atoms with van der Waals surface area (Å²) in [6, 6.07) is 12.7. The van der Waals surface area contributed by atoms with Crippen LogP contribution in [-0.2, 0) is 13.1 Å². The van der Waals surface area contributed by atoms with Gasteiger partial charge in [0.25, 0.3) is 5.91 Å². The van der Waals surface area contributed by atoms with Crippen molar-refractivity contribution in [2.24, 2.45) is 0 Å². The maximum absolute atomic E-state index is 12.2. The minimum Gasteiger partial charge on any atom is -0.455 e. The lowest BCUT2D eigenvalue weighted by atomic mass is 10.1. The van der Waals surface area contributed by atoms with Crippen LogP contribution < -0.4 is 5.32 Å². The van der Waals surface area contributed by atoms with Gasteiger partial charge in [-0.05, 0) is 51.8 Å². The van der Waals surface area contributed by atoms with E-state index >= 15 is 0 Å². The molecule has 4 nitrogen and oxygen atoms in total. The number of aryl methyl sites for hydroxylation is 1. The number of amides is 1. The molecule has 1 amide bonds. The molecule has 0 saturated heterocycles. The van der Waals surface area contributed by atoms with Gasteiger partial charge in [0.05, 0.1) is 6.54 Å². The van der Waals surface area contributed by atoms with Crippen LogP contribution in [0, 0.1) is 6.92 Å². The quantitative estimate of drug-likeness (QED) is 0.767. The molecule has 1 N–H and O–H groups in total. The third kappa shape index (κ3) is 5.75. The molecule has 25 heavy (non-hydrogen) atoms. The van der Waals surface area contributed by atoms with E-state index < -0.39 is 0 Å². The molecule has 1 heterocycles. The average molecular weight is 342 g/mol. The van der Waals surface area contributed by atoms with E-state index in [9.17, 15) is 4.79 Å². The molecule has 0 fully saturated rings. The van der Waals surface area contributed by atoms with Gasteiger partial charge in [0.1, 0.15) is 5.76 Å². The van der Waals surface area contributed by atoms with Crippen molar-refractivity contribution in [3.63, 3.8) is 0 Å². The van der Waals surface area contributed by atoms with Crippen LogP contribution in [0.2, 0.25) is 0 Å². The topological polar surface area (TPSA) is 45.5 Å². The smallest absolute Gasteiger partial charge is 0.287 e. The molecule has 2 aromatic rings. The SMILES string of the molecule is CCC(C)NC(=O)c1ccc(CN(Cc2cccc(C)c2)C(C)C)o1. The average Bonchev–Trinajstić information content (AvgIpc) is 3.02. The van der Waals surface area contributed by atoms with Crippen LogP contribution in [0.15, 0.2) is 40.8 Å². The number of carbonyl (C=O) groups is 1. The highest BCUT2D eigenvalue weighted by molar-refractivity contribution is 5.91. The maximum atomic E-state index is 12.2. The Labute approximate surface area is 151 Å². The summed E-state index contributed by atoms with van der Waals surface area (Å²) < 4.78 is 5.78. The molecule has 0 saturated carbocycles. The van der Waals surface area contributed by atoms with Gasteiger partial charge in [0.15, 0.2) is 5.76 Å². The molecule has 0 bridgehead atoms. The van der Waals surface area contributed by atoms with Crippen molar-refractivity contribution >= 4 is 5.91 Å². The second kappa shape index (κ2) is 8.86. The van der Waals surface area contributed by atoms with Gasteiger partial charge in [-0.15, -0.1) is 0 Å². The van der Waals surface area contributed by atoms with Crippen LogP contribution in [0.1, 0.15) is 61.6 Å². The lowest BCUT2D eigenvalue weighted by Crippen LogP contribution is -2.31. The Morgan fingerprint density at radius 2 is 1.92 bits per heavy atom. The third-order valence-corrected chi connectivity index (χ3v) is 4.43. The molecule has 0 aliphatic carbocycles. The summed E-state index contributed by atoms with van der Waals surface area (Å²) in [5, 5.41) is 2.94. The van der Waals surface area contributed by atoms with Crippen LogP contribution in [0.5, 0.6) is 0 Å². The summed E-state index contributed by atoms with van der Waals surface area (Å²) in [5.41, 5.74) is 2.55. The van der Waals surface area contributed by atoms with Crippen LogP contribution in [0.4, 0.5) is 0 Å². The fourth-order valence-corrected chi connectivity index (χ4v) is 2.65. The second-order valence-electron chi connectivity index (χ2n) is 7.04. The van der Waals surface area contributed by atoms with Gasteiger partial charge in [-0.3, -0.25) is 9.69 Å². The highest BCUT2D eigenvalue weighted by atomic mass is 16.4. The monoisotopic (exact) mass is 342 g/mol. The Balaban J connectivity index is 2.04. The van der Waals surface area contributed by atoms with Crippen molar-refractivity contribution in [2.75, 3.05) is 0 Å². The molecule has 2 rings (SSSR count). The van der Waals surface area contributed by atoms with Crippen molar-refractivity contribution in [1.82, 2.24) is 10.2 Å². The lowest BCUT2D eigenvalue weighted by molar-refractivity contribution is 0.0906. The highest BCUT2D eigenvalue weighted by Gasteiger charge is 2.16. The van der Waals surface area contributed by atoms with E-state index in [1.54, 1.807) is 6.07 Å². The summed E-state index contributed by atoms with van der Waals surface area (Å²) in [7, 11) is 0. The summed E-state index contributed by atoms with van der Waals surface area (Å²) in [6.45, 7) is 12.0. The van der Waals surface area contributed by atoms with E-state index in [0.717, 1.165) is 18.7 Å². The lowest BCUT2D eigenvalue weighted by Gasteiger charge is -2.25. The first kappa shape index (κ1) is 19.3. The Morgan fingerprint density at radius 1 is 1.16 bits per heavy atom. The number of furan rings is 1. The zero-order chi connectivity index (χ0) is 18.4. The predicted molar refractivity (Wildman–Crippen MR) is 101 cm³/mol. The van der Waals surface area contributed by atoms with Gasteiger partial charge >= 0.3 is 0 Å². The fraction of sp³-hybridized carbons (Fsp3) is 0.476. The number of carbonyl (C=O) groups excluding carboxylic acids is 1. The first-order valence-electron chi connectivity index (χ1n) is 9.08. The Hall–Kier alpha value is -2.07. The number of nitrogens with zero attached hydrogens (tertiary/aromatic N) is 1. The maximum Gasteiger partial charge on any atom is 0.287 e. The first-order valence-corrected chi connectivity index (χ1v) is 9.08. The minimum absolute atomic E-state index is 0.143. The van der Waals surface area contributed by atoms with E-state index in [1.165, 1.54) is 11.1 Å². The molecule has 0 aliphatic heterocycles. The van der Waals surface area contributed by atoms with Gasteiger partial charge in [-0.1, -0.05) is 36.8 Å². The van der Waals surface area contributed by atoms with Gasteiger partial charge in [0.2, 0.25) is 0 Å². The van der Waals surface area contributed by atoms with Gasteiger partial charge in [-0.25, -0.2) is 0 Å². The highest BCUT2D eigenvalue weighted by Crippen LogP contribution is 2.16. The molecule has 0 aliphatic rings. The molecule has 1 atom stereocenters. The molecule has 4 heteroatoms. The van der Waals surface area contributed by atoms with Crippen LogP contribution in [0.3, 0.4) is 0 Å². The summed E-state index contributed by atoms with van der Waals surface area (Å²) in [6.07, 6.45) is 0.900. The van der Waals surface area contributed by atoms with E-state index in [-0.39, 0.29) is 11.9 Å². The van der Waals surface area contributed by atoms with Gasteiger partial charge < -0.3 is 9.73 Å². The van der Waals surface area contributed by atoms with Crippen LogP contribution in [-0.4, -0.2) is 22.9 Å². The number of rotatable bonds is 8. The molecule has 0 spiro atoms. The number of hydrogen-bond acceptors (Lipinski definition) is 3. The summed E-state index contributed by atoms with van der Waals surface area (Å²) in [4.78, 5) is 14.5. The number of hydrogen-bond donors (Lipinski definition) is 1. The summed E-state index contributed by atoms with van der Waals surface area (Å²) in [5.74, 6) is 1.06. The minimum atomic E-state index is -0.143. The molecule has 1 aromatic heterocycles. The molecule has 0 radical (unpaired) electrons. The van der Waals surface area contributed by atoms with Crippen molar-refractivity contribution in [1.29, 1.82) is 0 Å². The van der Waals surface area contributed by atoms with E-state index in [0.29, 0.717) is 18.3 Å². The Bertz CT molecular complexity index is 691.